The first kappa shape index (κ1) is 10.5. The zero-order valence-corrected chi connectivity index (χ0v) is 8.47. The van der Waals surface area contributed by atoms with Crippen LogP contribution in [0, 0.1) is 0 Å². The molecule has 0 amide bonds. The van der Waals surface area contributed by atoms with Gasteiger partial charge in [-0.3, -0.25) is 0 Å². The highest BCUT2D eigenvalue weighted by Gasteiger charge is 2.07. The van der Waals surface area contributed by atoms with E-state index >= 15 is 0 Å². The summed E-state index contributed by atoms with van der Waals surface area (Å²) in [5.41, 5.74) is 7.51. The molecule has 0 radical (unpaired) electrons. The summed E-state index contributed by atoms with van der Waals surface area (Å²) in [6, 6.07) is 0.321. The molecule has 0 saturated heterocycles. The van der Waals surface area contributed by atoms with E-state index in [-0.39, 0.29) is 0 Å². The van der Waals surface area contributed by atoms with Crippen LogP contribution in [0.2, 0.25) is 0 Å². The van der Waals surface area contributed by atoms with Crippen LogP contribution in [0.15, 0.2) is 24.3 Å². The standard InChI is InChI=1S/C12H21N/c1-2-3-4-7-11-8-5-6-9-12(13)10-11/h2,10,12H,1,3-9,13H2. The summed E-state index contributed by atoms with van der Waals surface area (Å²) < 4.78 is 0. The Morgan fingerprint density at radius 3 is 3.15 bits per heavy atom. The first-order valence-electron chi connectivity index (χ1n) is 5.39. The van der Waals surface area contributed by atoms with Crippen molar-refractivity contribution in [2.45, 2.75) is 51.0 Å². The number of allylic oxidation sites excluding steroid dienone is 2. The molecule has 0 heterocycles. The van der Waals surface area contributed by atoms with Crippen LogP contribution in [0.3, 0.4) is 0 Å². The second kappa shape index (κ2) is 5.98. The molecule has 0 fully saturated rings. The van der Waals surface area contributed by atoms with Gasteiger partial charge >= 0.3 is 0 Å². The molecular weight excluding hydrogens is 158 g/mol. The third-order valence-electron chi connectivity index (χ3n) is 2.64. The maximum absolute atomic E-state index is 5.93. The highest BCUT2D eigenvalue weighted by Crippen LogP contribution is 2.20. The molecule has 0 bridgehead atoms. The molecule has 74 valence electrons. The third kappa shape index (κ3) is 4.28. The van der Waals surface area contributed by atoms with Crippen LogP contribution in [0.5, 0.6) is 0 Å². The van der Waals surface area contributed by atoms with Gasteiger partial charge in [0.15, 0.2) is 0 Å². The van der Waals surface area contributed by atoms with Crippen molar-refractivity contribution in [3.8, 4) is 0 Å². The van der Waals surface area contributed by atoms with Gasteiger partial charge in [0.1, 0.15) is 0 Å². The van der Waals surface area contributed by atoms with Crippen LogP contribution >= 0.6 is 0 Å². The topological polar surface area (TPSA) is 26.0 Å². The van der Waals surface area contributed by atoms with E-state index in [0.29, 0.717) is 6.04 Å². The highest BCUT2D eigenvalue weighted by molar-refractivity contribution is 5.08. The highest BCUT2D eigenvalue weighted by atomic mass is 14.6. The van der Waals surface area contributed by atoms with Gasteiger partial charge in [-0.25, -0.2) is 0 Å². The molecule has 1 heteroatoms. The first-order valence-corrected chi connectivity index (χ1v) is 5.39. The predicted octanol–water partition coefficient (Wildman–Crippen LogP) is 3.17. The fourth-order valence-corrected chi connectivity index (χ4v) is 1.88. The summed E-state index contributed by atoms with van der Waals surface area (Å²) >= 11 is 0. The minimum Gasteiger partial charge on any atom is -0.324 e. The summed E-state index contributed by atoms with van der Waals surface area (Å²) in [6.07, 6.45) is 12.9. The van der Waals surface area contributed by atoms with Gasteiger partial charge in [0.05, 0.1) is 0 Å². The van der Waals surface area contributed by atoms with E-state index in [1.54, 1.807) is 5.57 Å². The molecule has 0 aromatic carbocycles. The van der Waals surface area contributed by atoms with Crippen molar-refractivity contribution in [2.75, 3.05) is 0 Å². The van der Waals surface area contributed by atoms with Crippen molar-refractivity contribution >= 4 is 0 Å². The lowest BCUT2D eigenvalue weighted by molar-refractivity contribution is 0.652. The van der Waals surface area contributed by atoms with E-state index in [1.807, 2.05) is 6.08 Å². The smallest absolute Gasteiger partial charge is 0.0226 e. The predicted molar refractivity (Wildman–Crippen MR) is 58.6 cm³/mol. The van der Waals surface area contributed by atoms with Gasteiger partial charge in [0.25, 0.3) is 0 Å². The monoisotopic (exact) mass is 179 g/mol. The molecule has 0 aromatic heterocycles. The summed E-state index contributed by atoms with van der Waals surface area (Å²) in [5.74, 6) is 0. The molecule has 1 nitrogen and oxygen atoms in total. The maximum atomic E-state index is 5.93. The Morgan fingerprint density at radius 1 is 1.54 bits per heavy atom. The number of unbranched alkanes of at least 4 members (excludes halogenated alkanes) is 1. The third-order valence-corrected chi connectivity index (χ3v) is 2.64. The van der Waals surface area contributed by atoms with E-state index in [1.165, 1.54) is 38.5 Å². The fourth-order valence-electron chi connectivity index (χ4n) is 1.88. The van der Waals surface area contributed by atoms with Crippen molar-refractivity contribution in [2.24, 2.45) is 5.73 Å². The largest absolute Gasteiger partial charge is 0.324 e. The number of rotatable bonds is 4. The quantitative estimate of drug-likeness (QED) is 0.520. The number of hydrogen-bond donors (Lipinski definition) is 1. The second-order valence-corrected chi connectivity index (χ2v) is 3.92. The Bertz CT molecular complexity index is 182. The Labute approximate surface area is 81.7 Å². The summed E-state index contributed by atoms with van der Waals surface area (Å²) in [5, 5.41) is 0. The Balaban J connectivity index is 2.32. The molecule has 0 aromatic rings. The lowest BCUT2D eigenvalue weighted by Crippen LogP contribution is -2.15. The molecule has 1 atom stereocenters. The van der Waals surface area contributed by atoms with Gasteiger partial charge in [0.2, 0.25) is 0 Å². The van der Waals surface area contributed by atoms with Crippen molar-refractivity contribution < 1.29 is 0 Å². The van der Waals surface area contributed by atoms with Crippen molar-refractivity contribution in [1.82, 2.24) is 0 Å². The molecule has 1 aliphatic carbocycles. The van der Waals surface area contributed by atoms with Crippen LogP contribution < -0.4 is 5.73 Å². The van der Waals surface area contributed by atoms with Crippen LogP contribution in [-0.2, 0) is 0 Å². The average molecular weight is 179 g/mol. The van der Waals surface area contributed by atoms with Gasteiger partial charge in [-0.1, -0.05) is 24.1 Å². The van der Waals surface area contributed by atoms with Gasteiger partial charge < -0.3 is 5.73 Å². The summed E-state index contributed by atoms with van der Waals surface area (Å²) in [7, 11) is 0. The van der Waals surface area contributed by atoms with Crippen LogP contribution in [0.25, 0.3) is 0 Å². The summed E-state index contributed by atoms with van der Waals surface area (Å²) in [4.78, 5) is 0. The summed E-state index contributed by atoms with van der Waals surface area (Å²) in [6.45, 7) is 3.73. The van der Waals surface area contributed by atoms with Crippen LogP contribution in [0.1, 0.15) is 44.9 Å². The Hall–Kier alpha value is -0.560. The maximum Gasteiger partial charge on any atom is 0.0226 e. The van der Waals surface area contributed by atoms with E-state index in [2.05, 4.69) is 12.7 Å². The van der Waals surface area contributed by atoms with E-state index in [9.17, 15) is 0 Å². The van der Waals surface area contributed by atoms with Crippen LogP contribution in [0.4, 0.5) is 0 Å². The minimum atomic E-state index is 0.321. The van der Waals surface area contributed by atoms with Crippen molar-refractivity contribution in [1.29, 1.82) is 0 Å². The van der Waals surface area contributed by atoms with E-state index in [0.717, 1.165) is 6.42 Å². The Morgan fingerprint density at radius 2 is 2.38 bits per heavy atom. The van der Waals surface area contributed by atoms with Crippen molar-refractivity contribution in [3.63, 3.8) is 0 Å². The van der Waals surface area contributed by atoms with Gasteiger partial charge in [0, 0.05) is 6.04 Å². The normalized spacial score (nSPS) is 23.5. The molecule has 0 saturated carbocycles. The van der Waals surface area contributed by atoms with Crippen molar-refractivity contribution in [3.05, 3.63) is 24.3 Å². The minimum absolute atomic E-state index is 0.321. The molecule has 13 heavy (non-hydrogen) atoms. The van der Waals surface area contributed by atoms with E-state index < -0.39 is 0 Å². The molecule has 0 spiro atoms. The van der Waals surface area contributed by atoms with Gasteiger partial charge in [-0.05, 0) is 38.5 Å². The van der Waals surface area contributed by atoms with E-state index in [4.69, 9.17) is 5.73 Å². The zero-order valence-electron chi connectivity index (χ0n) is 8.47. The molecular formula is C12H21N. The SMILES string of the molecule is C=CCCCC1=CC(N)CCCC1. The first-order chi connectivity index (χ1) is 6.33. The molecule has 1 unspecified atom stereocenters. The molecule has 1 rings (SSSR count). The molecule has 0 aliphatic heterocycles. The van der Waals surface area contributed by atoms with Crippen LogP contribution in [-0.4, -0.2) is 6.04 Å². The lowest BCUT2D eigenvalue weighted by atomic mass is 10.0. The zero-order chi connectivity index (χ0) is 9.52. The number of nitrogens with two attached hydrogens (primary N) is 1. The molecule has 2 N–H and O–H groups in total. The second-order valence-electron chi connectivity index (χ2n) is 3.92. The average Bonchev–Trinajstić information content (AvgIpc) is 2.31. The van der Waals surface area contributed by atoms with Gasteiger partial charge in [-0.2, -0.15) is 0 Å². The fraction of sp³-hybridized carbons (Fsp3) is 0.667. The van der Waals surface area contributed by atoms with Gasteiger partial charge in [-0.15, -0.1) is 6.58 Å². The molecule has 1 aliphatic rings. The Kier molecular flexibility index (Phi) is 4.84. The number of hydrogen-bond acceptors (Lipinski definition) is 1. The lowest BCUT2D eigenvalue weighted by Gasteiger charge is -2.05.